The van der Waals surface area contributed by atoms with Gasteiger partial charge in [0.15, 0.2) is 0 Å². The Hall–Kier alpha value is -2.97. The number of rotatable bonds is 7. The first kappa shape index (κ1) is 21.7. The van der Waals surface area contributed by atoms with E-state index < -0.39 is 17.5 Å². The first-order valence-corrected chi connectivity index (χ1v) is 9.58. The third kappa shape index (κ3) is 5.34. The average molecular weight is 453 g/mol. The van der Waals surface area contributed by atoms with Crippen LogP contribution in [-0.2, 0) is 11.3 Å². The van der Waals surface area contributed by atoms with Crippen molar-refractivity contribution in [1.29, 1.82) is 0 Å². The molecule has 0 aliphatic heterocycles. The number of benzene rings is 2. The predicted molar refractivity (Wildman–Crippen MR) is 110 cm³/mol. The molecule has 0 saturated carbocycles. The summed E-state index contributed by atoms with van der Waals surface area (Å²) in [6, 6.07) is 9.49. The third-order valence-electron chi connectivity index (χ3n) is 4.15. The summed E-state index contributed by atoms with van der Waals surface area (Å²) in [5, 5.41) is 10.1. The van der Waals surface area contributed by atoms with Crippen molar-refractivity contribution in [2.24, 2.45) is 0 Å². The maximum atomic E-state index is 13.6. The molecule has 0 aliphatic rings. The van der Waals surface area contributed by atoms with Crippen molar-refractivity contribution in [2.45, 2.75) is 13.0 Å². The zero-order chi connectivity index (χ0) is 21.7. The first-order valence-electron chi connectivity index (χ1n) is 8.83. The second-order valence-electron chi connectivity index (χ2n) is 6.27. The highest BCUT2D eigenvalue weighted by atomic mass is 35.5. The molecule has 2 N–H and O–H groups in total. The molecule has 3 rings (SSSR count). The third-order valence-corrected chi connectivity index (χ3v) is 5.01. The summed E-state index contributed by atoms with van der Waals surface area (Å²) < 4.78 is 28.1. The molecule has 3 aromatic rings. The maximum absolute atomic E-state index is 13.6. The van der Waals surface area contributed by atoms with Gasteiger partial charge in [0.25, 0.3) is 5.91 Å². The van der Waals surface area contributed by atoms with Crippen LogP contribution in [-0.4, -0.2) is 28.1 Å². The zero-order valence-corrected chi connectivity index (χ0v) is 17.0. The van der Waals surface area contributed by atoms with Crippen molar-refractivity contribution < 1.29 is 18.4 Å². The van der Waals surface area contributed by atoms with Crippen LogP contribution in [0, 0.1) is 11.6 Å². The SMILES string of the molecule is O=C(CCNC(=O)c1ccc(F)cc1F)Nc1ccnn1Cc1cccc(Cl)c1Cl. The quantitative estimate of drug-likeness (QED) is 0.561. The fourth-order valence-corrected chi connectivity index (χ4v) is 3.04. The van der Waals surface area contributed by atoms with Crippen molar-refractivity contribution in [3.8, 4) is 0 Å². The molecule has 1 aromatic heterocycles. The summed E-state index contributed by atoms with van der Waals surface area (Å²) in [6.07, 6.45) is 1.46. The van der Waals surface area contributed by atoms with Crippen LogP contribution in [0.15, 0.2) is 48.7 Å². The molecule has 0 spiro atoms. The molecular formula is C20H16Cl2F2N4O2. The van der Waals surface area contributed by atoms with Gasteiger partial charge in [0, 0.05) is 25.1 Å². The number of nitrogens with zero attached hydrogens (tertiary/aromatic N) is 2. The molecule has 0 unspecified atom stereocenters. The molecule has 1 heterocycles. The number of nitrogens with one attached hydrogen (secondary N) is 2. The minimum absolute atomic E-state index is 0.0320. The molecule has 30 heavy (non-hydrogen) atoms. The number of hydrogen-bond donors (Lipinski definition) is 2. The number of hydrogen-bond acceptors (Lipinski definition) is 3. The highest BCUT2D eigenvalue weighted by Gasteiger charge is 2.14. The number of aromatic nitrogens is 2. The molecule has 2 aromatic carbocycles. The lowest BCUT2D eigenvalue weighted by molar-refractivity contribution is -0.116. The van der Waals surface area contributed by atoms with Crippen LogP contribution >= 0.6 is 23.2 Å². The number of amides is 2. The van der Waals surface area contributed by atoms with E-state index in [9.17, 15) is 18.4 Å². The molecule has 6 nitrogen and oxygen atoms in total. The Labute approximate surface area is 180 Å². The van der Waals surface area contributed by atoms with Gasteiger partial charge in [-0.3, -0.25) is 9.59 Å². The molecule has 0 bridgehead atoms. The highest BCUT2D eigenvalue weighted by molar-refractivity contribution is 6.42. The summed E-state index contributed by atoms with van der Waals surface area (Å²) in [5.74, 6) is -2.43. The Morgan fingerprint density at radius 1 is 1.10 bits per heavy atom. The van der Waals surface area contributed by atoms with E-state index in [1.54, 1.807) is 28.9 Å². The molecule has 0 aliphatic carbocycles. The van der Waals surface area contributed by atoms with Gasteiger partial charge in [0.05, 0.1) is 28.4 Å². The van der Waals surface area contributed by atoms with Gasteiger partial charge in [0.2, 0.25) is 5.91 Å². The Morgan fingerprint density at radius 3 is 2.67 bits per heavy atom. The van der Waals surface area contributed by atoms with E-state index in [0.717, 1.165) is 17.7 Å². The summed E-state index contributed by atoms with van der Waals surface area (Å²) >= 11 is 12.2. The second-order valence-corrected chi connectivity index (χ2v) is 7.05. The number of carbonyl (C=O) groups excluding carboxylic acids is 2. The Morgan fingerprint density at radius 2 is 1.90 bits per heavy atom. The molecule has 10 heteroatoms. The lowest BCUT2D eigenvalue weighted by atomic mass is 10.2. The predicted octanol–water partition coefficient (Wildman–Crippen LogP) is 4.28. The smallest absolute Gasteiger partial charge is 0.254 e. The van der Waals surface area contributed by atoms with E-state index >= 15 is 0 Å². The Kier molecular flexibility index (Phi) is 7.02. The van der Waals surface area contributed by atoms with Crippen molar-refractivity contribution >= 4 is 40.8 Å². The summed E-state index contributed by atoms with van der Waals surface area (Å²) in [5.41, 5.74) is 0.435. The molecule has 156 valence electrons. The van der Waals surface area contributed by atoms with Gasteiger partial charge in [-0.15, -0.1) is 0 Å². The van der Waals surface area contributed by atoms with Crippen molar-refractivity contribution in [2.75, 3.05) is 11.9 Å². The van der Waals surface area contributed by atoms with Crippen molar-refractivity contribution in [3.63, 3.8) is 0 Å². The maximum Gasteiger partial charge on any atom is 0.254 e. The van der Waals surface area contributed by atoms with Crippen LogP contribution in [0.4, 0.5) is 14.6 Å². The highest BCUT2D eigenvalue weighted by Crippen LogP contribution is 2.26. The monoisotopic (exact) mass is 452 g/mol. The Balaban J connectivity index is 1.54. The Bertz CT molecular complexity index is 1090. The van der Waals surface area contributed by atoms with Gasteiger partial charge in [-0.2, -0.15) is 5.10 Å². The van der Waals surface area contributed by atoms with Gasteiger partial charge < -0.3 is 10.6 Å². The molecule has 0 saturated heterocycles. The van der Waals surface area contributed by atoms with E-state index in [-0.39, 0.29) is 24.4 Å². The lowest BCUT2D eigenvalue weighted by Gasteiger charge is -2.11. The number of anilines is 1. The molecule has 2 amide bonds. The van der Waals surface area contributed by atoms with E-state index in [1.165, 1.54) is 6.20 Å². The number of halogens is 4. The standard InChI is InChI=1S/C20H16Cl2F2N4O2/c21-15-3-1-2-12(19(15)22)11-28-17(6-9-26-28)27-18(29)7-8-25-20(30)14-5-4-13(23)10-16(14)24/h1-6,9-10H,7-8,11H2,(H,25,30)(H,27,29). The van der Waals surface area contributed by atoms with Crippen LogP contribution in [0.5, 0.6) is 0 Å². The topological polar surface area (TPSA) is 76.0 Å². The fraction of sp³-hybridized carbons (Fsp3) is 0.150. The van der Waals surface area contributed by atoms with E-state index in [4.69, 9.17) is 23.2 Å². The van der Waals surface area contributed by atoms with Gasteiger partial charge in [0.1, 0.15) is 17.5 Å². The summed E-state index contributed by atoms with van der Waals surface area (Å²) in [6.45, 7) is 0.262. The summed E-state index contributed by atoms with van der Waals surface area (Å²) in [4.78, 5) is 24.1. The van der Waals surface area contributed by atoms with E-state index in [0.29, 0.717) is 28.5 Å². The van der Waals surface area contributed by atoms with Crippen LogP contribution in [0.3, 0.4) is 0 Å². The number of carbonyl (C=O) groups is 2. The normalized spacial score (nSPS) is 10.7. The molecular weight excluding hydrogens is 437 g/mol. The largest absolute Gasteiger partial charge is 0.351 e. The van der Waals surface area contributed by atoms with E-state index in [1.807, 2.05) is 0 Å². The van der Waals surface area contributed by atoms with Crippen molar-refractivity contribution in [1.82, 2.24) is 15.1 Å². The van der Waals surface area contributed by atoms with E-state index in [2.05, 4.69) is 15.7 Å². The van der Waals surface area contributed by atoms with Crippen LogP contribution < -0.4 is 10.6 Å². The van der Waals surface area contributed by atoms with Crippen LogP contribution in [0.25, 0.3) is 0 Å². The molecule has 0 fully saturated rings. The van der Waals surface area contributed by atoms with Gasteiger partial charge in [-0.25, -0.2) is 13.5 Å². The van der Waals surface area contributed by atoms with Crippen molar-refractivity contribution in [3.05, 3.63) is 81.5 Å². The zero-order valence-electron chi connectivity index (χ0n) is 15.5. The van der Waals surface area contributed by atoms with Gasteiger partial charge >= 0.3 is 0 Å². The van der Waals surface area contributed by atoms with Crippen LogP contribution in [0.1, 0.15) is 22.3 Å². The minimum atomic E-state index is -0.972. The van der Waals surface area contributed by atoms with Crippen LogP contribution in [0.2, 0.25) is 10.0 Å². The summed E-state index contributed by atoms with van der Waals surface area (Å²) in [7, 11) is 0. The van der Waals surface area contributed by atoms with Gasteiger partial charge in [-0.1, -0.05) is 35.3 Å². The lowest BCUT2D eigenvalue weighted by Crippen LogP contribution is -2.28. The average Bonchev–Trinajstić information content (AvgIpc) is 3.12. The molecule has 0 atom stereocenters. The molecule has 0 radical (unpaired) electrons. The fourth-order valence-electron chi connectivity index (χ4n) is 2.66. The minimum Gasteiger partial charge on any atom is -0.351 e. The first-order chi connectivity index (χ1) is 14.3. The second kappa shape index (κ2) is 9.69. The van der Waals surface area contributed by atoms with Gasteiger partial charge in [-0.05, 0) is 23.8 Å².